The molecule has 2 aromatic rings. The van der Waals surface area contributed by atoms with Gasteiger partial charge in [0, 0.05) is 24.5 Å². The highest BCUT2D eigenvalue weighted by Gasteiger charge is 2.38. The van der Waals surface area contributed by atoms with E-state index in [9.17, 15) is 9.59 Å². The van der Waals surface area contributed by atoms with E-state index < -0.39 is 6.04 Å². The molecule has 0 radical (unpaired) electrons. The molecule has 28 heavy (non-hydrogen) atoms. The third kappa shape index (κ3) is 3.68. The lowest BCUT2D eigenvalue weighted by Gasteiger charge is -2.33. The van der Waals surface area contributed by atoms with E-state index in [2.05, 4.69) is 10.4 Å². The normalized spacial score (nSPS) is 21.4. The Kier molecular flexibility index (Phi) is 5.19. The summed E-state index contributed by atoms with van der Waals surface area (Å²) in [6.07, 6.45) is 2.14. The van der Waals surface area contributed by atoms with Crippen LogP contribution in [0, 0.1) is 0 Å². The zero-order valence-electron chi connectivity index (χ0n) is 15.5. The molecule has 7 nitrogen and oxygen atoms in total. The second kappa shape index (κ2) is 7.77. The largest absolute Gasteiger partial charge is 0.467 e. The average molecular weight is 401 g/mol. The maximum Gasteiger partial charge on any atom is 0.260 e. The van der Waals surface area contributed by atoms with Crippen LogP contribution in [0.4, 0.5) is 0 Å². The molecule has 2 atom stereocenters. The Hall–Kier alpha value is -2.64. The molecular weight excluding hydrogens is 380 g/mol. The number of nitrogens with one attached hydrogen (secondary N) is 1. The number of furan rings is 1. The van der Waals surface area contributed by atoms with Gasteiger partial charge in [-0.05, 0) is 36.8 Å². The van der Waals surface area contributed by atoms with Gasteiger partial charge in [0.15, 0.2) is 0 Å². The highest BCUT2D eigenvalue weighted by atomic mass is 35.5. The van der Waals surface area contributed by atoms with E-state index in [1.807, 2.05) is 30.0 Å². The minimum atomic E-state index is -0.461. The van der Waals surface area contributed by atoms with Crippen LogP contribution in [-0.4, -0.2) is 53.1 Å². The van der Waals surface area contributed by atoms with Crippen molar-refractivity contribution in [1.29, 1.82) is 0 Å². The Morgan fingerprint density at radius 3 is 2.79 bits per heavy atom. The van der Waals surface area contributed by atoms with E-state index in [0.717, 1.165) is 11.3 Å². The monoisotopic (exact) mass is 400 g/mol. The molecule has 2 amide bonds. The number of hydrogen-bond donors (Lipinski definition) is 1. The predicted octanol–water partition coefficient (Wildman–Crippen LogP) is 2.43. The van der Waals surface area contributed by atoms with Gasteiger partial charge >= 0.3 is 0 Å². The molecule has 1 aromatic heterocycles. The average Bonchev–Trinajstić information content (AvgIpc) is 3.37. The summed E-state index contributed by atoms with van der Waals surface area (Å²) in [4.78, 5) is 26.8. The van der Waals surface area contributed by atoms with Crippen LogP contribution >= 0.6 is 11.6 Å². The van der Waals surface area contributed by atoms with Crippen molar-refractivity contribution in [3.05, 3.63) is 59.0 Å². The number of hydrogen-bond acceptors (Lipinski definition) is 5. The summed E-state index contributed by atoms with van der Waals surface area (Å²) >= 11 is 5.99. The van der Waals surface area contributed by atoms with Crippen molar-refractivity contribution in [3.63, 3.8) is 0 Å². The summed E-state index contributed by atoms with van der Waals surface area (Å²) in [5.74, 6) is 0.463. The van der Waals surface area contributed by atoms with Crippen LogP contribution in [0.3, 0.4) is 0 Å². The van der Waals surface area contributed by atoms with Crippen molar-refractivity contribution in [3.8, 4) is 0 Å². The Bertz CT molecular complexity index is 895. The van der Waals surface area contributed by atoms with Crippen molar-refractivity contribution in [2.24, 2.45) is 5.10 Å². The second-order valence-electron chi connectivity index (χ2n) is 6.97. The zero-order valence-corrected chi connectivity index (χ0v) is 16.2. The van der Waals surface area contributed by atoms with Gasteiger partial charge in [-0.3, -0.25) is 14.5 Å². The SMILES string of the molecule is C[C@H](C(=O)N1N=C(c2ccc(Cl)cc2)C[C@H]1c1ccco1)N1CCNC(=O)C1. The highest BCUT2D eigenvalue weighted by Crippen LogP contribution is 2.34. The third-order valence-corrected chi connectivity index (χ3v) is 5.41. The maximum atomic E-state index is 13.3. The topological polar surface area (TPSA) is 78.2 Å². The number of rotatable bonds is 4. The molecular formula is C20H21ClN4O3. The van der Waals surface area contributed by atoms with Gasteiger partial charge in [-0.25, -0.2) is 5.01 Å². The van der Waals surface area contributed by atoms with Crippen LogP contribution in [0.2, 0.25) is 5.02 Å². The summed E-state index contributed by atoms with van der Waals surface area (Å²) in [6, 6.07) is 10.3. The first kappa shape index (κ1) is 18.7. The summed E-state index contributed by atoms with van der Waals surface area (Å²) < 4.78 is 5.58. The number of carbonyl (C=O) groups excluding carboxylic acids is 2. The molecule has 2 aliphatic heterocycles. The first-order valence-corrected chi connectivity index (χ1v) is 9.61. The molecule has 1 aromatic carbocycles. The van der Waals surface area contributed by atoms with Crippen LogP contribution in [0.1, 0.15) is 30.7 Å². The summed E-state index contributed by atoms with van der Waals surface area (Å²) in [7, 11) is 0. The first-order chi connectivity index (χ1) is 13.5. The highest BCUT2D eigenvalue weighted by molar-refractivity contribution is 6.30. The standard InChI is InChI=1S/C20H21ClN4O3/c1-13(24-9-8-22-19(26)12-24)20(27)25-17(18-3-2-10-28-18)11-16(23-25)14-4-6-15(21)7-5-14/h2-7,10,13,17H,8-9,11-12H2,1H3,(H,22,26)/t13-,17+/m1/s1. The summed E-state index contributed by atoms with van der Waals surface area (Å²) in [5.41, 5.74) is 1.72. The Morgan fingerprint density at radius 1 is 1.32 bits per heavy atom. The fourth-order valence-corrected chi connectivity index (χ4v) is 3.70. The molecule has 3 heterocycles. The molecule has 0 spiro atoms. The number of piperazine rings is 1. The maximum absolute atomic E-state index is 13.3. The minimum absolute atomic E-state index is 0.0692. The lowest BCUT2D eigenvalue weighted by Crippen LogP contribution is -2.55. The lowest BCUT2D eigenvalue weighted by atomic mass is 10.0. The van der Waals surface area contributed by atoms with Gasteiger partial charge in [0.1, 0.15) is 11.8 Å². The fourth-order valence-electron chi connectivity index (χ4n) is 3.57. The van der Waals surface area contributed by atoms with E-state index in [0.29, 0.717) is 30.3 Å². The molecule has 1 N–H and O–H groups in total. The van der Waals surface area contributed by atoms with Crippen LogP contribution in [0.15, 0.2) is 52.2 Å². The van der Waals surface area contributed by atoms with Crippen LogP contribution in [-0.2, 0) is 9.59 Å². The van der Waals surface area contributed by atoms with Crippen LogP contribution in [0.5, 0.6) is 0 Å². The first-order valence-electron chi connectivity index (χ1n) is 9.23. The Labute approximate surface area is 167 Å². The molecule has 0 unspecified atom stereocenters. The van der Waals surface area contributed by atoms with Gasteiger partial charge in [-0.1, -0.05) is 23.7 Å². The molecule has 1 saturated heterocycles. The minimum Gasteiger partial charge on any atom is -0.467 e. The molecule has 0 saturated carbocycles. The quantitative estimate of drug-likeness (QED) is 0.855. The van der Waals surface area contributed by atoms with Gasteiger partial charge < -0.3 is 9.73 Å². The van der Waals surface area contributed by atoms with E-state index in [4.69, 9.17) is 16.0 Å². The molecule has 146 valence electrons. The number of nitrogens with zero attached hydrogens (tertiary/aromatic N) is 3. The predicted molar refractivity (Wildman–Crippen MR) is 105 cm³/mol. The summed E-state index contributed by atoms with van der Waals surface area (Å²) in [6.45, 7) is 3.19. The lowest BCUT2D eigenvalue weighted by molar-refractivity contribution is -0.140. The van der Waals surface area contributed by atoms with Crippen molar-refractivity contribution < 1.29 is 14.0 Å². The smallest absolute Gasteiger partial charge is 0.260 e. The van der Waals surface area contributed by atoms with Gasteiger partial charge in [0.2, 0.25) is 5.91 Å². The Balaban J connectivity index is 1.61. The number of carbonyl (C=O) groups is 2. The third-order valence-electron chi connectivity index (χ3n) is 5.16. The molecule has 2 aliphatic rings. The zero-order chi connectivity index (χ0) is 19.7. The van der Waals surface area contributed by atoms with E-state index in [1.54, 1.807) is 24.5 Å². The van der Waals surface area contributed by atoms with Crippen molar-refractivity contribution >= 4 is 29.1 Å². The van der Waals surface area contributed by atoms with E-state index >= 15 is 0 Å². The van der Waals surface area contributed by atoms with Gasteiger partial charge in [-0.15, -0.1) is 0 Å². The number of halogens is 1. The summed E-state index contributed by atoms with van der Waals surface area (Å²) in [5, 5.41) is 9.56. The van der Waals surface area contributed by atoms with Crippen molar-refractivity contribution in [2.45, 2.75) is 25.4 Å². The molecule has 8 heteroatoms. The molecule has 1 fully saturated rings. The molecule has 0 aliphatic carbocycles. The molecule has 4 rings (SSSR count). The van der Waals surface area contributed by atoms with Crippen LogP contribution < -0.4 is 5.32 Å². The number of amides is 2. The van der Waals surface area contributed by atoms with Crippen LogP contribution in [0.25, 0.3) is 0 Å². The number of hydrazone groups is 1. The van der Waals surface area contributed by atoms with Gasteiger partial charge in [0.25, 0.3) is 5.91 Å². The van der Waals surface area contributed by atoms with E-state index in [-0.39, 0.29) is 24.4 Å². The fraction of sp³-hybridized carbons (Fsp3) is 0.350. The Morgan fingerprint density at radius 2 is 2.11 bits per heavy atom. The van der Waals surface area contributed by atoms with E-state index in [1.165, 1.54) is 5.01 Å². The molecule has 0 bridgehead atoms. The van der Waals surface area contributed by atoms with Crippen molar-refractivity contribution in [2.75, 3.05) is 19.6 Å². The van der Waals surface area contributed by atoms with Crippen molar-refractivity contribution in [1.82, 2.24) is 15.2 Å². The second-order valence-corrected chi connectivity index (χ2v) is 7.40. The van der Waals surface area contributed by atoms with Gasteiger partial charge in [-0.2, -0.15) is 5.10 Å². The van der Waals surface area contributed by atoms with Gasteiger partial charge in [0.05, 0.1) is 24.6 Å². The number of benzene rings is 1.